The Bertz CT molecular complexity index is 577. The number of hydrogen-bond acceptors (Lipinski definition) is 4. The van der Waals surface area contributed by atoms with Crippen LogP contribution in [0.5, 0.6) is 0 Å². The van der Waals surface area contributed by atoms with Crippen molar-refractivity contribution in [3.05, 3.63) is 29.6 Å². The quantitative estimate of drug-likeness (QED) is 0.858. The highest BCUT2D eigenvalue weighted by atomic mass is 32.2. The van der Waals surface area contributed by atoms with Crippen LogP contribution in [0.3, 0.4) is 0 Å². The number of rotatable bonds is 4. The molecule has 5 nitrogen and oxygen atoms in total. The van der Waals surface area contributed by atoms with E-state index in [-0.39, 0.29) is 12.6 Å². The Hall–Kier alpha value is -1.02. The Balaban J connectivity index is 2.21. The molecule has 0 aromatic heterocycles. The predicted molar refractivity (Wildman–Crippen MR) is 73.2 cm³/mol. The van der Waals surface area contributed by atoms with Crippen molar-refractivity contribution in [2.45, 2.75) is 30.4 Å². The molecule has 1 aliphatic rings. The third kappa shape index (κ3) is 3.54. The molecule has 1 heterocycles. The highest BCUT2D eigenvalue weighted by Crippen LogP contribution is 2.18. The normalized spacial score (nSPS) is 21.1. The molecule has 2 N–H and O–H groups in total. The fourth-order valence-corrected chi connectivity index (χ4v) is 3.79. The van der Waals surface area contributed by atoms with Crippen LogP contribution in [0.2, 0.25) is 0 Å². The fourth-order valence-electron chi connectivity index (χ4n) is 2.40. The molecule has 1 aromatic carbocycles. The topological polar surface area (TPSA) is 69.6 Å². The number of aliphatic hydroxyl groups excluding tert-OH is 1. The molecule has 0 spiro atoms. The molecule has 0 radical (unpaired) electrons. The summed E-state index contributed by atoms with van der Waals surface area (Å²) < 4.78 is 40.8. The van der Waals surface area contributed by atoms with Crippen LogP contribution in [0.25, 0.3) is 0 Å². The SMILES string of the molecule is CN1CCCC(NS(=O)(=O)c2cc(CO)ccc2F)C1. The van der Waals surface area contributed by atoms with E-state index >= 15 is 0 Å². The van der Waals surface area contributed by atoms with Crippen LogP contribution in [0.1, 0.15) is 18.4 Å². The maximum Gasteiger partial charge on any atom is 0.243 e. The van der Waals surface area contributed by atoms with E-state index in [1.165, 1.54) is 12.1 Å². The molecule has 1 aromatic rings. The zero-order valence-electron chi connectivity index (χ0n) is 11.3. The first-order chi connectivity index (χ1) is 9.42. The zero-order chi connectivity index (χ0) is 14.8. The van der Waals surface area contributed by atoms with E-state index in [2.05, 4.69) is 4.72 Å². The van der Waals surface area contributed by atoms with Crippen molar-refractivity contribution in [1.29, 1.82) is 0 Å². The highest BCUT2D eigenvalue weighted by Gasteiger charge is 2.26. The molecule has 1 saturated heterocycles. The molecule has 0 aliphatic carbocycles. The summed E-state index contributed by atoms with van der Waals surface area (Å²) in [4.78, 5) is 1.63. The maximum absolute atomic E-state index is 13.7. The summed E-state index contributed by atoms with van der Waals surface area (Å²) in [5.74, 6) is -0.807. The molecule has 20 heavy (non-hydrogen) atoms. The lowest BCUT2D eigenvalue weighted by atomic mass is 10.1. The van der Waals surface area contributed by atoms with Gasteiger partial charge in [-0.3, -0.25) is 0 Å². The summed E-state index contributed by atoms with van der Waals surface area (Å²) in [7, 11) is -1.99. The number of nitrogens with zero attached hydrogens (tertiary/aromatic N) is 1. The van der Waals surface area contributed by atoms with Crippen molar-refractivity contribution < 1.29 is 17.9 Å². The van der Waals surface area contributed by atoms with Crippen molar-refractivity contribution in [2.75, 3.05) is 20.1 Å². The van der Waals surface area contributed by atoms with Gasteiger partial charge in [0.2, 0.25) is 10.0 Å². The van der Waals surface area contributed by atoms with E-state index in [0.717, 1.165) is 25.5 Å². The zero-order valence-corrected chi connectivity index (χ0v) is 12.2. The summed E-state index contributed by atoms with van der Waals surface area (Å²) in [5.41, 5.74) is 0.368. The lowest BCUT2D eigenvalue weighted by Gasteiger charge is -2.30. The van der Waals surface area contributed by atoms with Crippen molar-refractivity contribution in [1.82, 2.24) is 9.62 Å². The molecule has 0 amide bonds. The van der Waals surface area contributed by atoms with E-state index in [1.54, 1.807) is 0 Å². The van der Waals surface area contributed by atoms with E-state index in [0.29, 0.717) is 12.1 Å². The third-order valence-corrected chi connectivity index (χ3v) is 4.95. The molecule has 7 heteroatoms. The Morgan fingerprint density at radius 3 is 2.90 bits per heavy atom. The second-order valence-corrected chi connectivity index (χ2v) is 6.83. The molecule has 0 bridgehead atoms. The molecule has 1 atom stereocenters. The van der Waals surface area contributed by atoms with E-state index in [9.17, 15) is 12.8 Å². The van der Waals surface area contributed by atoms with Gasteiger partial charge in [0.25, 0.3) is 0 Å². The van der Waals surface area contributed by atoms with Crippen LogP contribution < -0.4 is 4.72 Å². The van der Waals surface area contributed by atoms with Crippen LogP contribution in [0.15, 0.2) is 23.1 Å². The first-order valence-corrected chi connectivity index (χ1v) is 8.01. The van der Waals surface area contributed by atoms with E-state index in [1.807, 2.05) is 11.9 Å². The Kier molecular flexibility index (Phi) is 4.74. The summed E-state index contributed by atoms with van der Waals surface area (Å²) in [6.45, 7) is 1.22. The minimum atomic E-state index is -3.91. The van der Waals surface area contributed by atoms with Gasteiger partial charge in [-0.05, 0) is 44.1 Å². The molecule has 1 fully saturated rings. The first kappa shape index (κ1) is 15.4. The lowest BCUT2D eigenvalue weighted by molar-refractivity contribution is 0.242. The third-order valence-electron chi connectivity index (χ3n) is 3.41. The molecule has 0 saturated carbocycles. The van der Waals surface area contributed by atoms with Crippen molar-refractivity contribution >= 4 is 10.0 Å². The van der Waals surface area contributed by atoms with Crippen LogP contribution in [-0.2, 0) is 16.6 Å². The number of nitrogens with one attached hydrogen (secondary N) is 1. The van der Waals surface area contributed by atoms with Gasteiger partial charge >= 0.3 is 0 Å². The van der Waals surface area contributed by atoms with Gasteiger partial charge in [-0.1, -0.05) is 6.07 Å². The van der Waals surface area contributed by atoms with Crippen molar-refractivity contribution in [3.63, 3.8) is 0 Å². The van der Waals surface area contributed by atoms with Crippen LogP contribution in [0, 0.1) is 5.82 Å². The van der Waals surface area contributed by atoms with Gasteiger partial charge in [-0.25, -0.2) is 17.5 Å². The largest absolute Gasteiger partial charge is 0.392 e. The van der Waals surface area contributed by atoms with Gasteiger partial charge in [0, 0.05) is 12.6 Å². The molecular formula is C13H19FN2O3S. The number of benzene rings is 1. The van der Waals surface area contributed by atoms with Gasteiger partial charge in [0.1, 0.15) is 10.7 Å². The second-order valence-electron chi connectivity index (χ2n) is 5.15. The summed E-state index contributed by atoms with van der Waals surface area (Å²) in [6, 6.07) is 3.39. The minimum Gasteiger partial charge on any atom is -0.392 e. The highest BCUT2D eigenvalue weighted by molar-refractivity contribution is 7.89. The number of sulfonamides is 1. The Morgan fingerprint density at radius 2 is 2.25 bits per heavy atom. The van der Waals surface area contributed by atoms with Gasteiger partial charge < -0.3 is 10.0 Å². The number of aliphatic hydroxyl groups is 1. The Morgan fingerprint density at radius 1 is 1.50 bits per heavy atom. The van der Waals surface area contributed by atoms with Crippen LogP contribution >= 0.6 is 0 Å². The molecule has 1 unspecified atom stereocenters. The van der Waals surface area contributed by atoms with Crippen LogP contribution in [0.4, 0.5) is 4.39 Å². The van der Waals surface area contributed by atoms with Crippen molar-refractivity contribution in [3.8, 4) is 0 Å². The first-order valence-electron chi connectivity index (χ1n) is 6.52. The molecule has 2 rings (SSSR count). The standard InChI is InChI=1S/C13H19FN2O3S/c1-16-6-2-3-11(8-16)15-20(18,19)13-7-10(9-17)4-5-12(13)14/h4-5,7,11,15,17H,2-3,6,8-9H2,1H3. The summed E-state index contributed by atoms with van der Waals surface area (Å²) in [6.07, 6.45) is 1.65. The van der Waals surface area contributed by atoms with Gasteiger partial charge in [-0.15, -0.1) is 0 Å². The van der Waals surface area contributed by atoms with Gasteiger partial charge in [0.05, 0.1) is 6.61 Å². The number of hydrogen-bond donors (Lipinski definition) is 2. The summed E-state index contributed by atoms with van der Waals surface area (Å²) in [5, 5.41) is 9.03. The lowest BCUT2D eigenvalue weighted by Crippen LogP contribution is -2.46. The van der Waals surface area contributed by atoms with Crippen LogP contribution in [-0.4, -0.2) is 44.6 Å². The smallest absolute Gasteiger partial charge is 0.243 e. The number of likely N-dealkylation sites (tertiary alicyclic amines) is 1. The Labute approximate surface area is 118 Å². The monoisotopic (exact) mass is 302 g/mol. The average Bonchev–Trinajstić information content (AvgIpc) is 2.38. The number of piperidine rings is 1. The number of halogens is 1. The average molecular weight is 302 g/mol. The maximum atomic E-state index is 13.7. The second kappa shape index (κ2) is 6.17. The number of likely N-dealkylation sites (N-methyl/N-ethyl adjacent to an activating group) is 1. The fraction of sp³-hybridized carbons (Fsp3) is 0.538. The van der Waals surface area contributed by atoms with Crippen molar-refractivity contribution in [2.24, 2.45) is 0 Å². The van der Waals surface area contributed by atoms with E-state index in [4.69, 9.17) is 5.11 Å². The minimum absolute atomic E-state index is 0.212. The van der Waals surface area contributed by atoms with Gasteiger partial charge in [-0.2, -0.15) is 0 Å². The molecule has 1 aliphatic heterocycles. The van der Waals surface area contributed by atoms with Gasteiger partial charge in [0.15, 0.2) is 0 Å². The predicted octanol–water partition coefficient (Wildman–Crippen LogP) is 0.691. The molecular weight excluding hydrogens is 283 g/mol. The van der Waals surface area contributed by atoms with E-state index < -0.39 is 20.7 Å². The summed E-state index contributed by atoms with van der Waals surface area (Å²) >= 11 is 0. The molecule has 112 valence electrons.